The van der Waals surface area contributed by atoms with Gasteiger partial charge >= 0.3 is 5.97 Å². The predicted molar refractivity (Wildman–Crippen MR) is 81.3 cm³/mol. The highest BCUT2D eigenvalue weighted by atomic mass is 32.2. The molecule has 0 saturated heterocycles. The Bertz CT molecular complexity index is 684. The summed E-state index contributed by atoms with van der Waals surface area (Å²) < 4.78 is 10.0. The quantitative estimate of drug-likeness (QED) is 0.648. The van der Waals surface area contributed by atoms with E-state index in [0.29, 0.717) is 11.3 Å². The Kier molecular flexibility index (Phi) is 5.21. The molecule has 0 radical (unpaired) electrons. The standard InChI is InChI=1S/C15H16N2O4S/c1-9-7-11(17-21-9)8-22-13-6-4-3-5-12(13)15(19)20-10(2)14(16)18/h3-7,10H,8H2,1-2H3,(H2,16,18)/t10-/m1/s1. The number of carbonyl (C=O) groups excluding carboxylic acids is 2. The molecule has 2 rings (SSSR count). The molecule has 1 heterocycles. The van der Waals surface area contributed by atoms with E-state index in [-0.39, 0.29) is 0 Å². The van der Waals surface area contributed by atoms with Crippen molar-refractivity contribution in [2.75, 3.05) is 0 Å². The lowest BCUT2D eigenvalue weighted by Gasteiger charge is -2.12. The second-order valence-corrected chi connectivity index (χ2v) is 5.68. The van der Waals surface area contributed by atoms with Crippen LogP contribution in [0.15, 0.2) is 39.8 Å². The summed E-state index contributed by atoms with van der Waals surface area (Å²) in [5.41, 5.74) is 6.28. The van der Waals surface area contributed by atoms with Gasteiger partial charge < -0.3 is 15.0 Å². The third-order valence-electron chi connectivity index (χ3n) is 2.84. The number of benzene rings is 1. The summed E-state index contributed by atoms with van der Waals surface area (Å²) in [7, 11) is 0. The molecule has 1 amide bonds. The second kappa shape index (κ2) is 7.13. The van der Waals surface area contributed by atoms with Gasteiger partial charge in [0, 0.05) is 16.7 Å². The molecule has 1 aromatic carbocycles. The molecule has 0 aliphatic heterocycles. The molecule has 2 aromatic rings. The molecule has 0 fully saturated rings. The second-order valence-electron chi connectivity index (χ2n) is 4.66. The van der Waals surface area contributed by atoms with E-state index in [1.165, 1.54) is 18.7 Å². The Hall–Kier alpha value is -2.28. The Morgan fingerprint density at radius 1 is 1.41 bits per heavy atom. The van der Waals surface area contributed by atoms with Crippen LogP contribution in [0.1, 0.15) is 28.7 Å². The average molecular weight is 320 g/mol. The third-order valence-corrected chi connectivity index (χ3v) is 3.95. The summed E-state index contributed by atoms with van der Waals surface area (Å²) >= 11 is 1.44. The number of nitrogens with two attached hydrogens (primary N) is 1. The maximum atomic E-state index is 12.1. The Balaban J connectivity index is 2.09. The first-order valence-electron chi connectivity index (χ1n) is 6.61. The number of carbonyl (C=O) groups is 2. The molecule has 0 bridgehead atoms. The van der Waals surface area contributed by atoms with E-state index in [1.807, 2.05) is 25.1 Å². The maximum Gasteiger partial charge on any atom is 0.340 e. The topological polar surface area (TPSA) is 95.4 Å². The van der Waals surface area contributed by atoms with Crippen molar-refractivity contribution in [3.05, 3.63) is 47.3 Å². The fraction of sp³-hybridized carbons (Fsp3) is 0.267. The highest BCUT2D eigenvalue weighted by Gasteiger charge is 2.19. The third kappa shape index (κ3) is 4.11. The summed E-state index contributed by atoms with van der Waals surface area (Å²) in [5.74, 6) is 0.0355. The smallest absolute Gasteiger partial charge is 0.340 e. The molecule has 116 valence electrons. The molecule has 0 aliphatic rings. The molecular formula is C15H16N2O4S. The molecular weight excluding hydrogens is 304 g/mol. The van der Waals surface area contributed by atoms with E-state index in [1.54, 1.807) is 12.1 Å². The molecule has 0 unspecified atom stereocenters. The number of nitrogens with zero attached hydrogens (tertiary/aromatic N) is 1. The number of rotatable bonds is 6. The molecule has 0 spiro atoms. The largest absolute Gasteiger partial charge is 0.449 e. The van der Waals surface area contributed by atoms with E-state index < -0.39 is 18.0 Å². The van der Waals surface area contributed by atoms with Crippen molar-refractivity contribution in [1.82, 2.24) is 5.16 Å². The molecule has 7 heteroatoms. The van der Waals surface area contributed by atoms with Crippen LogP contribution in [0, 0.1) is 6.92 Å². The fourth-order valence-corrected chi connectivity index (χ4v) is 2.60. The molecule has 1 aromatic heterocycles. The van der Waals surface area contributed by atoms with E-state index in [4.69, 9.17) is 15.0 Å². The van der Waals surface area contributed by atoms with Crippen molar-refractivity contribution in [3.8, 4) is 0 Å². The lowest BCUT2D eigenvalue weighted by atomic mass is 10.2. The average Bonchev–Trinajstić information content (AvgIpc) is 2.90. The fourth-order valence-electron chi connectivity index (χ4n) is 1.68. The lowest BCUT2D eigenvalue weighted by molar-refractivity contribution is -0.125. The monoisotopic (exact) mass is 320 g/mol. The van der Waals surface area contributed by atoms with Crippen molar-refractivity contribution < 1.29 is 18.8 Å². The summed E-state index contributed by atoms with van der Waals surface area (Å²) in [4.78, 5) is 23.8. The van der Waals surface area contributed by atoms with Crippen molar-refractivity contribution in [3.63, 3.8) is 0 Å². The van der Waals surface area contributed by atoms with Gasteiger partial charge in [-0.1, -0.05) is 17.3 Å². The van der Waals surface area contributed by atoms with E-state index >= 15 is 0 Å². The van der Waals surface area contributed by atoms with E-state index in [9.17, 15) is 9.59 Å². The first-order chi connectivity index (χ1) is 10.5. The summed E-state index contributed by atoms with van der Waals surface area (Å²) in [6.07, 6.45) is -0.969. The minimum Gasteiger partial charge on any atom is -0.449 e. The van der Waals surface area contributed by atoms with Gasteiger partial charge in [0.1, 0.15) is 5.76 Å². The molecule has 0 saturated carbocycles. The summed E-state index contributed by atoms with van der Waals surface area (Å²) in [6, 6.07) is 8.85. The van der Waals surface area contributed by atoms with Gasteiger partial charge in [-0.25, -0.2) is 4.79 Å². The zero-order chi connectivity index (χ0) is 16.1. The molecule has 22 heavy (non-hydrogen) atoms. The number of hydrogen-bond donors (Lipinski definition) is 1. The van der Waals surface area contributed by atoms with E-state index in [0.717, 1.165) is 16.3 Å². The van der Waals surface area contributed by atoms with Crippen LogP contribution < -0.4 is 5.73 Å². The predicted octanol–water partition coefficient (Wildman–Crippen LogP) is 2.31. The van der Waals surface area contributed by atoms with Crippen LogP contribution in [0.2, 0.25) is 0 Å². The maximum absolute atomic E-state index is 12.1. The minimum absolute atomic E-state index is 0.390. The zero-order valence-corrected chi connectivity index (χ0v) is 13.1. The van der Waals surface area contributed by atoms with Crippen molar-refractivity contribution >= 4 is 23.6 Å². The molecule has 2 N–H and O–H groups in total. The van der Waals surface area contributed by atoms with Crippen molar-refractivity contribution in [1.29, 1.82) is 0 Å². The lowest BCUT2D eigenvalue weighted by Crippen LogP contribution is -2.30. The van der Waals surface area contributed by atoms with Crippen LogP contribution in [-0.4, -0.2) is 23.1 Å². The molecule has 6 nitrogen and oxygen atoms in total. The number of hydrogen-bond acceptors (Lipinski definition) is 6. The van der Waals surface area contributed by atoms with Gasteiger partial charge in [0.25, 0.3) is 5.91 Å². The number of aryl methyl sites for hydroxylation is 1. The van der Waals surface area contributed by atoms with Crippen molar-refractivity contribution in [2.24, 2.45) is 5.73 Å². The van der Waals surface area contributed by atoms with Crippen molar-refractivity contribution in [2.45, 2.75) is 30.6 Å². The number of amides is 1. The Morgan fingerprint density at radius 2 is 2.14 bits per heavy atom. The highest BCUT2D eigenvalue weighted by Crippen LogP contribution is 2.27. The van der Waals surface area contributed by atoms with Gasteiger partial charge in [0.2, 0.25) is 0 Å². The number of esters is 1. The molecule has 1 atom stereocenters. The van der Waals surface area contributed by atoms with Gasteiger partial charge in [-0.15, -0.1) is 11.8 Å². The van der Waals surface area contributed by atoms with Crippen LogP contribution in [-0.2, 0) is 15.3 Å². The summed E-state index contributed by atoms with van der Waals surface area (Å²) in [6.45, 7) is 3.26. The van der Waals surface area contributed by atoms with Gasteiger partial charge in [-0.2, -0.15) is 0 Å². The van der Waals surface area contributed by atoms with Gasteiger partial charge in [0.05, 0.1) is 11.3 Å². The minimum atomic E-state index is -0.969. The number of primary amides is 1. The molecule has 0 aliphatic carbocycles. The normalized spacial score (nSPS) is 11.9. The Labute approximate surface area is 132 Å². The number of aromatic nitrogens is 1. The SMILES string of the molecule is Cc1cc(CSc2ccccc2C(=O)O[C@H](C)C(N)=O)no1. The summed E-state index contributed by atoms with van der Waals surface area (Å²) in [5, 5.41) is 3.90. The van der Waals surface area contributed by atoms with Gasteiger partial charge in [0.15, 0.2) is 6.10 Å². The van der Waals surface area contributed by atoms with Gasteiger partial charge in [-0.05, 0) is 26.0 Å². The first-order valence-corrected chi connectivity index (χ1v) is 7.60. The van der Waals surface area contributed by atoms with E-state index in [2.05, 4.69) is 5.16 Å². The number of thioether (sulfide) groups is 1. The van der Waals surface area contributed by atoms with Crippen LogP contribution in [0.25, 0.3) is 0 Å². The Morgan fingerprint density at radius 3 is 2.77 bits per heavy atom. The van der Waals surface area contributed by atoms with Crippen LogP contribution >= 0.6 is 11.8 Å². The van der Waals surface area contributed by atoms with Crippen LogP contribution in [0.5, 0.6) is 0 Å². The van der Waals surface area contributed by atoms with Crippen LogP contribution in [0.3, 0.4) is 0 Å². The number of ether oxygens (including phenoxy) is 1. The highest BCUT2D eigenvalue weighted by molar-refractivity contribution is 7.98. The zero-order valence-electron chi connectivity index (χ0n) is 12.2. The van der Waals surface area contributed by atoms with Crippen LogP contribution in [0.4, 0.5) is 0 Å². The first kappa shape index (κ1) is 16.1. The van der Waals surface area contributed by atoms with Gasteiger partial charge in [-0.3, -0.25) is 4.79 Å².